The van der Waals surface area contributed by atoms with Crippen LogP contribution in [0.4, 0.5) is 0 Å². The second-order valence-electron chi connectivity index (χ2n) is 5.71. The number of fused-ring (bicyclic) bond motifs is 1. The smallest absolute Gasteiger partial charge is 0.352 e. The van der Waals surface area contributed by atoms with Gasteiger partial charge in [-0.2, -0.15) is 15.5 Å². The molecule has 0 aromatic heterocycles. The van der Waals surface area contributed by atoms with Crippen molar-refractivity contribution in [2.45, 2.75) is 18.3 Å². The molecule has 2 N–H and O–H groups in total. The summed E-state index contributed by atoms with van der Waals surface area (Å²) in [5.74, 6) is -2.77. The van der Waals surface area contributed by atoms with E-state index in [4.69, 9.17) is 15.3 Å². The molecule has 14 heteroatoms. The predicted octanol–water partition coefficient (Wildman–Crippen LogP) is 0.115. The van der Waals surface area contributed by atoms with Crippen LogP contribution in [0, 0.1) is 22.8 Å². The fourth-order valence-corrected chi connectivity index (χ4v) is 5.32. The zero-order chi connectivity index (χ0) is 22.3. The molecular weight excluding hydrogens is 454 g/mol. The molecule has 0 unspecified atom stereocenters. The number of carbonyl (C=O) groups is 4. The molecule has 2 aliphatic heterocycles. The molecule has 0 saturated carbocycles. The molecule has 158 valence electrons. The zero-order valence-corrected chi connectivity index (χ0v) is 17.9. The van der Waals surface area contributed by atoms with E-state index in [-0.39, 0.29) is 33.9 Å². The third-order valence-electron chi connectivity index (χ3n) is 3.74. The summed E-state index contributed by atoms with van der Waals surface area (Å²) in [4.78, 5) is 51.9. The highest BCUT2D eigenvalue weighted by Crippen LogP contribution is 2.40. The fraction of sp³-hybridized carbons (Fsp3) is 0.438. The lowest BCUT2D eigenvalue weighted by atomic mass is 10.0. The Bertz CT molecular complexity index is 906. The number of nitrogens with zero attached hydrogens (tertiary/aromatic N) is 4. The van der Waals surface area contributed by atoms with E-state index in [2.05, 4.69) is 10.3 Å². The Labute approximate surface area is 183 Å². The van der Waals surface area contributed by atoms with Crippen LogP contribution in [0.1, 0.15) is 6.92 Å². The van der Waals surface area contributed by atoms with Crippen LogP contribution in [0.2, 0.25) is 0 Å². The van der Waals surface area contributed by atoms with Crippen molar-refractivity contribution in [1.82, 2.24) is 10.2 Å². The highest BCUT2D eigenvalue weighted by Gasteiger charge is 2.54. The number of aliphatic carboxylic acids is 1. The molecule has 0 spiro atoms. The quantitative estimate of drug-likeness (QED) is 0.170. The molecule has 2 aliphatic rings. The monoisotopic (exact) mass is 469 g/mol. The summed E-state index contributed by atoms with van der Waals surface area (Å²) in [5.41, 5.74) is 0.0701. The molecular formula is C16H15N5O6S3. The van der Waals surface area contributed by atoms with Crippen molar-refractivity contribution < 1.29 is 29.0 Å². The second kappa shape index (κ2) is 10.9. The van der Waals surface area contributed by atoms with Crippen LogP contribution in [0.3, 0.4) is 0 Å². The van der Waals surface area contributed by atoms with Crippen LogP contribution in [0.5, 0.6) is 0 Å². The van der Waals surface area contributed by atoms with Gasteiger partial charge in [0, 0.05) is 18.2 Å². The first-order valence-electron chi connectivity index (χ1n) is 8.22. The number of β-lactam (4-membered cyclic amide) rings is 1. The lowest BCUT2D eigenvalue weighted by molar-refractivity contribution is -0.150. The Morgan fingerprint density at radius 3 is 2.73 bits per heavy atom. The molecule has 0 aromatic carbocycles. The number of carbonyl (C=O) groups excluding carboxylic acids is 3. The van der Waals surface area contributed by atoms with Gasteiger partial charge in [0.15, 0.2) is 0 Å². The van der Waals surface area contributed by atoms with E-state index in [1.807, 2.05) is 6.07 Å². The molecule has 1 saturated heterocycles. The van der Waals surface area contributed by atoms with Gasteiger partial charge in [0.05, 0.1) is 17.6 Å². The van der Waals surface area contributed by atoms with Crippen molar-refractivity contribution in [2.75, 3.05) is 23.9 Å². The van der Waals surface area contributed by atoms with E-state index >= 15 is 0 Å². The molecule has 11 nitrogen and oxygen atoms in total. The van der Waals surface area contributed by atoms with Gasteiger partial charge >= 0.3 is 11.9 Å². The number of ether oxygens (including phenoxy) is 1. The average Bonchev–Trinajstić information content (AvgIpc) is 2.71. The minimum atomic E-state index is -1.32. The van der Waals surface area contributed by atoms with Gasteiger partial charge in [-0.3, -0.25) is 19.3 Å². The largest absolute Gasteiger partial charge is 0.477 e. The van der Waals surface area contributed by atoms with Crippen LogP contribution in [0.15, 0.2) is 16.3 Å². The Morgan fingerprint density at radius 1 is 1.40 bits per heavy atom. The summed E-state index contributed by atoms with van der Waals surface area (Å²) < 4.78 is 5.12. The standard InChI is InChI=1S/C16H15N5O6S3/c1-8(22)27-4-9-5-29-14-11(13(24)21(14)12(9)15(25)26)20-10(23)6-30-16(19-7-18)28-3-2-17/h11,14H,3-6H2,1H3,(H,20,23)(H,25,26)/t11-,14-/m1/s1. The van der Waals surface area contributed by atoms with Gasteiger partial charge in [0.1, 0.15) is 28.1 Å². The van der Waals surface area contributed by atoms with Crippen LogP contribution in [0.25, 0.3) is 0 Å². The van der Waals surface area contributed by atoms with Crippen molar-refractivity contribution in [3.63, 3.8) is 0 Å². The van der Waals surface area contributed by atoms with Gasteiger partial charge in [-0.15, -0.1) is 11.8 Å². The van der Waals surface area contributed by atoms with E-state index in [9.17, 15) is 24.3 Å². The lowest BCUT2D eigenvalue weighted by Crippen LogP contribution is -2.70. The number of nitrogens with one attached hydrogen (secondary N) is 1. The number of hydrogen-bond donors (Lipinski definition) is 2. The van der Waals surface area contributed by atoms with Crippen LogP contribution >= 0.6 is 35.3 Å². The van der Waals surface area contributed by atoms with Crippen LogP contribution in [-0.4, -0.2) is 73.4 Å². The van der Waals surface area contributed by atoms with Crippen molar-refractivity contribution in [1.29, 1.82) is 10.5 Å². The van der Waals surface area contributed by atoms with E-state index in [0.717, 1.165) is 28.4 Å². The third kappa shape index (κ3) is 5.69. The van der Waals surface area contributed by atoms with E-state index in [1.165, 1.54) is 18.7 Å². The van der Waals surface area contributed by atoms with Gasteiger partial charge in [0.2, 0.25) is 12.1 Å². The Morgan fingerprint density at radius 2 is 2.13 bits per heavy atom. The van der Waals surface area contributed by atoms with Crippen LogP contribution < -0.4 is 5.32 Å². The van der Waals surface area contributed by atoms with Gasteiger partial charge < -0.3 is 15.2 Å². The first-order chi connectivity index (χ1) is 14.3. The van der Waals surface area contributed by atoms with Gasteiger partial charge in [-0.05, 0) is 0 Å². The Balaban J connectivity index is 1.99. The molecule has 30 heavy (non-hydrogen) atoms. The number of nitriles is 2. The van der Waals surface area contributed by atoms with E-state index in [0.29, 0.717) is 5.57 Å². The van der Waals surface area contributed by atoms with Gasteiger partial charge in [0.25, 0.3) is 5.91 Å². The number of amides is 2. The SMILES string of the molecule is CC(=O)OCC1=C(C(=O)O)N2C(=O)[C@@H](NC(=O)CSC(=NC#N)SCC#N)[C@H]2SC1. The number of rotatable bonds is 7. The first kappa shape index (κ1) is 23.6. The van der Waals surface area contributed by atoms with E-state index < -0.39 is 35.2 Å². The number of carboxylic acids is 1. The number of thioether (sulfide) groups is 3. The summed E-state index contributed by atoms with van der Waals surface area (Å²) in [7, 11) is 0. The fourth-order valence-electron chi connectivity index (χ4n) is 2.57. The number of aliphatic imine (C=N–C) groups is 1. The predicted molar refractivity (Wildman–Crippen MR) is 110 cm³/mol. The molecule has 2 heterocycles. The molecule has 0 radical (unpaired) electrons. The molecule has 2 atom stereocenters. The summed E-state index contributed by atoms with van der Waals surface area (Å²) in [6.45, 7) is 0.971. The Hall–Kier alpha value is -2.68. The zero-order valence-electron chi connectivity index (χ0n) is 15.5. The van der Waals surface area contributed by atoms with Gasteiger partial charge in [-0.25, -0.2) is 4.79 Å². The summed E-state index contributed by atoms with van der Waals surface area (Å²) in [5, 5.41) is 28.7. The average molecular weight is 470 g/mol. The van der Waals surface area contributed by atoms with Crippen molar-refractivity contribution >= 4 is 63.4 Å². The highest BCUT2D eigenvalue weighted by atomic mass is 32.2. The Kier molecular flexibility index (Phi) is 8.58. The maximum atomic E-state index is 12.5. The lowest BCUT2D eigenvalue weighted by Gasteiger charge is -2.49. The minimum Gasteiger partial charge on any atom is -0.477 e. The summed E-state index contributed by atoms with van der Waals surface area (Å²) >= 11 is 3.23. The maximum absolute atomic E-state index is 12.5. The van der Waals surface area contributed by atoms with Gasteiger partial charge in [-0.1, -0.05) is 23.5 Å². The van der Waals surface area contributed by atoms with Crippen LogP contribution in [-0.2, 0) is 23.9 Å². The first-order valence-corrected chi connectivity index (χ1v) is 11.2. The number of esters is 1. The minimum absolute atomic E-state index is 0.0733. The topological polar surface area (TPSA) is 173 Å². The summed E-state index contributed by atoms with van der Waals surface area (Å²) in [6, 6.07) is 0.997. The molecule has 0 aromatic rings. The van der Waals surface area contributed by atoms with Crippen molar-refractivity contribution in [3.05, 3.63) is 11.3 Å². The summed E-state index contributed by atoms with van der Waals surface area (Å²) in [6.07, 6.45) is 1.59. The molecule has 1 fully saturated rings. The third-order valence-corrected chi connectivity index (χ3v) is 7.15. The molecule has 0 bridgehead atoms. The van der Waals surface area contributed by atoms with Crippen molar-refractivity contribution in [2.24, 2.45) is 4.99 Å². The molecule has 2 amide bonds. The number of carboxylic acid groups (broad SMARTS) is 1. The normalized spacial score (nSPS) is 20.4. The molecule has 0 aliphatic carbocycles. The second-order valence-corrected chi connectivity index (χ2v) is 9.00. The molecule has 2 rings (SSSR count). The number of hydrogen-bond acceptors (Lipinski definition) is 11. The van der Waals surface area contributed by atoms with E-state index in [1.54, 1.807) is 6.19 Å². The highest BCUT2D eigenvalue weighted by molar-refractivity contribution is 8.39. The maximum Gasteiger partial charge on any atom is 0.352 e. The van der Waals surface area contributed by atoms with Crippen molar-refractivity contribution in [3.8, 4) is 12.3 Å².